The van der Waals surface area contributed by atoms with Crippen LogP contribution in [0.15, 0.2) is 17.8 Å². The van der Waals surface area contributed by atoms with Crippen molar-refractivity contribution < 1.29 is 65.0 Å². The third kappa shape index (κ3) is 6.89. The normalized spacial score (nSPS) is 49.7. The van der Waals surface area contributed by atoms with Gasteiger partial charge in [-0.15, -0.1) is 5.10 Å². The Hall–Kier alpha value is -2.13. The first-order chi connectivity index (χ1) is 29.0. The molecule has 17 heteroatoms. The molecule has 2 saturated heterocycles. The van der Waals surface area contributed by atoms with E-state index in [0.29, 0.717) is 30.4 Å². The van der Waals surface area contributed by atoms with E-state index in [9.17, 15) is 50.8 Å². The highest BCUT2D eigenvalue weighted by molar-refractivity contribution is 5.85. The highest BCUT2D eigenvalue weighted by Gasteiger charge is 2.71. The van der Waals surface area contributed by atoms with Crippen molar-refractivity contribution >= 4 is 5.91 Å². The maximum atomic E-state index is 14.8. The van der Waals surface area contributed by atoms with Crippen molar-refractivity contribution in [2.45, 2.75) is 186 Å². The van der Waals surface area contributed by atoms with Crippen LogP contribution in [0.25, 0.3) is 0 Å². The van der Waals surface area contributed by atoms with E-state index in [1.807, 2.05) is 0 Å². The van der Waals surface area contributed by atoms with Crippen LogP contribution in [0.4, 0.5) is 0 Å². The first-order valence-electron chi connectivity index (χ1n) is 22.8. The number of hydrogen-bond acceptors (Lipinski definition) is 15. The van der Waals surface area contributed by atoms with Gasteiger partial charge in [0.1, 0.15) is 54.5 Å². The van der Waals surface area contributed by atoms with Crippen LogP contribution in [0.1, 0.15) is 118 Å². The van der Waals surface area contributed by atoms with E-state index in [1.165, 1.54) is 16.5 Å². The number of ether oxygens (including phenoxy) is 3. The Kier molecular flexibility index (Phi) is 12.0. The summed E-state index contributed by atoms with van der Waals surface area (Å²) >= 11 is 0. The fraction of sp³-hybridized carbons (Fsp3) is 0.889. The lowest BCUT2D eigenvalue weighted by molar-refractivity contribution is -0.347. The molecule has 0 aromatic carbocycles. The monoisotopic (exact) mass is 877 g/mol. The van der Waals surface area contributed by atoms with E-state index in [1.54, 1.807) is 0 Å². The number of rotatable bonds is 8. The Labute approximate surface area is 363 Å². The quantitative estimate of drug-likeness (QED) is 0.162. The van der Waals surface area contributed by atoms with Crippen molar-refractivity contribution in [2.24, 2.45) is 50.2 Å². The van der Waals surface area contributed by atoms with Gasteiger partial charge >= 0.3 is 0 Å². The molecule has 5 aliphatic carbocycles. The summed E-state index contributed by atoms with van der Waals surface area (Å²) in [5.74, 6) is 0.352. The van der Waals surface area contributed by atoms with Gasteiger partial charge in [-0.25, -0.2) is 4.68 Å². The largest absolute Gasteiger partial charge is 0.394 e. The standard InChI is InChI=1S/C45H72N4O13/c1-40(2)14-15-45(24(16-40)23-8-9-28-42(5)12-11-29(52)41(3,4)27(42)10-13-43(28,6)44(23,7)17-30(45)53)39(59)46-18-22-19-49(48-47-22)37-34(57)33(56)36(26(21-51)60-37)62-38-35(58)32(55)31(54)25(20-50)61-38/h8,19,24-38,50-58H,9-18,20-21H2,1-7H3,(H,46,59)/t24?,25-,26-,27?,28?,29-,30+,31-,32+,33-,34-,35-,36-,37-,38+,42-,43+,44+,45+/m0/s1. The second-order valence-electron chi connectivity index (χ2n) is 22.3. The molecule has 350 valence electrons. The van der Waals surface area contributed by atoms with Gasteiger partial charge in [0.15, 0.2) is 12.5 Å². The number of aliphatic hydroxyl groups is 9. The summed E-state index contributed by atoms with van der Waals surface area (Å²) < 4.78 is 18.2. The lowest BCUT2D eigenvalue weighted by atomic mass is 9.33. The molecule has 10 N–H and O–H groups in total. The average molecular weight is 877 g/mol. The molecule has 2 aliphatic heterocycles. The maximum absolute atomic E-state index is 14.8. The van der Waals surface area contributed by atoms with E-state index < -0.39 is 86.1 Å². The molecule has 0 bridgehead atoms. The van der Waals surface area contributed by atoms with Crippen molar-refractivity contribution in [1.82, 2.24) is 20.3 Å². The molecule has 0 spiro atoms. The maximum Gasteiger partial charge on any atom is 0.229 e. The van der Waals surface area contributed by atoms with Gasteiger partial charge in [-0.1, -0.05) is 65.3 Å². The number of carbonyl (C=O) groups is 1. The summed E-state index contributed by atoms with van der Waals surface area (Å²) in [5, 5.41) is 108. The molecule has 1 amide bonds. The molecule has 3 heterocycles. The summed E-state index contributed by atoms with van der Waals surface area (Å²) in [4.78, 5) is 14.8. The second-order valence-corrected chi connectivity index (χ2v) is 22.3. The predicted octanol–water partition coefficient (Wildman–Crippen LogP) is 0.824. The van der Waals surface area contributed by atoms with Crippen molar-refractivity contribution in [3.63, 3.8) is 0 Å². The highest BCUT2D eigenvalue weighted by atomic mass is 16.7. The average Bonchev–Trinajstić information content (AvgIpc) is 3.69. The molecule has 8 rings (SSSR count). The lowest BCUT2D eigenvalue weighted by Gasteiger charge is -2.71. The predicted molar refractivity (Wildman–Crippen MR) is 220 cm³/mol. The summed E-state index contributed by atoms with van der Waals surface area (Å²) in [6.07, 6.45) is -5.75. The smallest absolute Gasteiger partial charge is 0.229 e. The Balaban J connectivity index is 0.994. The fourth-order valence-electron chi connectivity index (χ4n) is 14.4. The second kappa shape index (κ2) is 16.0. The molecule has 1 aromatic heterocycles. The van der Waals surface area contributed by atoms with E-state index in [-0.39, 0.29) is 51.5 Å². The van der Waals surface area contributed by atoms with Crippen LogP contribution in [-0.4, -0.2) is 147 Å². The molecule has 0 radical (unpaired) electrons. The minimum atomic E-state index is -1.79. The number of amides is 1. The van der Waals surface area contributed by atoms with E-state index in [0.717, 1.165) is 44.9 Å². The molecule has 7 aliphatic rings. The highest BCUT2D eigenvalue weighted by Crippen LogP contribution is 2.75. The van der Waals surface area contributed by atoms with Gasteiger partial charge in [0.2, 0.25) is 5.91 Å². The SMILES string of the molecule is CC1(C)CC[C@@]2(C(=O)NCc3cn([C@H]4O[C@@H](CO)[C@H](O[C@H]5O[C@@H](CO)[C@H](O)[C@@H](O)[C@@H]5O)[C@@H](O)[C@@H]4O)nn3)C(C1)C1=CCC3[C@@]4(C)CC[C@H](O)C(C)(C)C4CC[C@@]3(C)[C@]1(C)C[C@H]2O. The number of aromatic nitrogens is 3. The van der Waals surface area contributed by atoms with Gasteiger partial charge in [-0.3, -0.25) is 4.79 Å². The van der Waals surface area contributed by atoms with Crippen LogP contribution >= 0.6 is 0 Å². The Morgan fingerprint density at radius 2 is 1.52 bits per heavy atom. The van der Waals surface area contributed by atoms with Crippen molar-refractivity contribution in [2.75, 3.05) is 13.2 Å². The third-order valence-corrected chi connectivity index (χ3v) is 18.3. The molecule has 19 atom stereocenters. The summed E-state index contributed by atoms with van der Waals surface area (Å²) in [7, 11) is 0. The molecule has 6 fully saturated rings. The number of carbonyl (C=O) groups excluding carboxylic acids is 1. The van der Waals surface area contributed by atoms with Crippen LogP contribution in [0.5, 0.6) is 0 Å². The zero-order valence-corrected chi connectivity index (χ0v) is 37.3. The molecular formula is C45H72N4O13. The van der Waals surface area contributed by atoms with Crippen LogP contribution in [0.2, 0.25) is 0 Å². The number of fused-ring (bicyclic) bond motifs is 7. The number of nitrogens with zero attached hydrogens (tertiary/aromatic N) is 3. The van der Waals surface area contributed by atoms with Crippen LogP contribution < -0.4 is 5.32 Å². The molecule has 17 nitrogen and oxygen atoms in total. The van der Waals surface area contributed by atoms with Gasteiger partial charge in [-0.2, -0.15) is 0 Å². The zero-order chi connectivity index (χ0) is 45.1. The minimum Gasteiger partial charge on any atom is -0.394 e. The van der Waals surface area contributed by atoms with E-state index >= 15 is 0 Å². The number of hydrogen-bond donors (Lipinski definition) is 10. The summed E-state index contributed by atoms with van der Waals surface area (Å²) in [5.41, 5.74) is -0.0486. The third-order valence-electron chi connectivity index (χ3n) is 18.3. The Morgan fingerprint density at radius 1 is 0.806 bits per heavy atom. The van der Waals surface area contributed by atoms with Crippen LogP contribution in [0.3, 0.4) is 0 Å². The summed E-state index contributed by atoms with van der Waals surface area (Å²) in [6.45, 7) is 14.8. The van der Waals surface area contributed by atoms with Gasteiger partial charge in [0.05, 0.1) is 43.6 Å². The zero-order valence-electron chi connectivity index (χ0n) is 37.3. The first kappa shape index (κ1) is 46.4. The number of aliphatic hydroxyl groups excluding tert-OH is 9. The van der Waals surface area contributed by atoms with Crippen LogP contribution in [0, 0.1) is 50.2 Å². The molecule has 3 unspecified atom stereocenters. The fourth-order valence-corrected chi connectivity index (χ4v) is 14.4. The van der Waals surface area contributed by atoms with E-state index in [2.05, 4.69) is 70.2 Å². The van der Waals surface area contributed by atoms with Gasteiger partial charge in [0.25, 0.3) is 0 Å². The molecule has 4 saturated carbocycles. The number of nitrogens with one attached hydrogen (secondary N) is 1. The topological polar surface area (TPSA) is 270 Å². The Morgan fingerprint density at radius 3 is 2.21 bits per heavy atom. The Bertz CT molecular complexity index is 1860. The molecule has 1 aromatic rings. The minimum absolute atomic E-state index is 0.0419. The van der Waals surface area contributed by atoms with Gasteiger partial charge in [0, 0.05) is 0 Å². The van der Waals surface area contributed by atoms with E-state index in [4.69, 9.17) is 14.2 Å². The van der Waals surface area contributed by atoms with Gasteiger partial charge in [-0.05, 0) is 103 Å². The molecule has 62 heavy (non-hydrogen) atoms. The van der Waals surface area contributed by atoms with Crippen molar-refractivity contribution in [3.8, 4) is 0 Å². The van der Waals surface area contributed by atoms with Crippen molar-refractivity contribution in [1.29, 1.82) is 0 Å². The number of allylic oxidation sites excluding steroid dienone is 2. The van der Waals surface area contributed by atoms with Crippen LogP contribution in [-0.2, 0) is 25.5 Å². The van der Waals surface area contributed by atoms with Crippen molar-refractivity contribution in [3.05, 3.63) is 23.5 Å². The first-order valence-corrected chi connectivity index (χ1v) is 22.8. The summed E-state index contributed by atoms with van der Waals surface area (Å²) in [6, 6.07) is 0. The lowest BCUT2D eigenvalue weighted by Crippen LogP contribution is -2.68. The van der Waals surface area contributed by atoms with Gasteiger partial charge < -0.3 is 65.5 Å². The molecular weight excluding hydrogens is 805 g/mol.